The highest BCUT2D eigenvalue weighted by molar-refractivity contribution is 8.00. The zero-order valence-corrected chi connectivity index (χ0v) is 14.9. The number of amides is 1. The maximum atomic E-state index is 12.3. The number of thioether (sulfide) groups is 1. The summed E-state index contributed by atoms with van der Waals surface area (Å²) in [5, 5.41) is 3.43. The highest BCUT2D eigenvalue weighted by Crippen LogP contribution is 2.29. The fraction of sp³-hybridized carbons (Fsp3) is 0.200. The predicted molar refractivity (Wildman–Crippen MR) is 95.6 cm³/mol. The zero-order chi connectivity index (χ0) is 17.8. The Morgan fingerprint density at radius 1 is 1.32 bits per heavy atom. The zero-order valence-electron chi connectivity index (χ0n) is 13.4. The molecule has 0 aliphatic rings. The summed E-state index contributed by atoms with van der Waals surface area (Å²) >= 11 is 7.11. The molecule has 0 fully saturated rings. The number of anilines is 1. The van der Waals surface area contributed by atoms with Gasteiger partial charge in [-0.05, 0) is 23.7 Å². The fourth-order valence-corrected chi connectivity index (χ4v) is 3.12. The molecule has 8 nitrogen and oxygen atoms in total. The van der Waals surface area contributed by atoms with Gasteiger partial charge in [-0.25, -0.2) is 9.97 Å². The number of H-pyrrole nitrogens is 1. The first-order chi connectivity index (χ1) is 12.1. The lowest BCUT2D eigenvalue weighted by Crippen LogP contribution is -2.15. The van der Waals surface area contributed by atoms with Crippen LogP contribution in [0.25, 0.3) is 11.2 Å². The molecule has 0 saturated heterocycles. The van der Waals surface area contributed by atoms with Crippen molar-refractivity contribution in [2.45, 2.75) is 5.03 Å². The summed E-state index contributed by atoms with van der Waals surface area (Å²) in [5.74, 6) is 1.06. The second kappa shape index (κ2) is 7.58. The number of ether oxygens (including phenoxy) is 2. The molecule has 1 aromatic carbocycles. The van der Waals surface area contributed by atoms with Crippen LogP contribution in [-0.4, -0.2) is 45.8 Å². The first-order valence-corrected chi connectivity index (χ1v) is 8.48. The Hall–Kier alpha value is -2.52. The molecule has 0 saturated carbocycles. The summed E-state index contributed by atoms with van der Waals surface area (Å²) in [6.45, 7) is 0. The van der Waals surface area contributed by atoms with E-state index in [9.17, 15) is 4.79 Å². The molecule has 0 atom stereocenters. The molecule has 3 rings (SSSR count). The lowest BCUT2D eigenvalue weighted by Gasteiger charge is -2.11. The molecule has 25 heavy (non-hydrogen) atoms. The number of carbonyl (C=O) groups excluding carboxylic acids is 1. The number of aromatic amines is 1. The molecular weight excluding hydrogens is 366 g/mol. The third kappa shape index (κ3) is 3.94. The van der Waals surface area contributed by atoms with E-state index < -0.39 is 0 Å². The van der Waals surface area contributed by atoms with E-state index in [1.807, 2.05) is 0 Å². The summed E-state index contributed by atoms with van der Waals surface area (Å²) in [6, 6.07) is 5.16. The van der Waals surface area contributed by atoms with Crippen molar-refractivity contribution in [3.8, 4) is 11.5 Å². The van der Waals surface area contributed by atoms with Crippen LogP contribution < -0.4 is 14.8 Å². The SMILES string of the molecule is COc1ccc(OC)c(NC(=O)CSc2nc(Cl)nc3nc[nH]c23)c1. The third-order valence-electron chi connectivity index (χ3n) is 3.25. The molecule has 0 unspecified atom stereocenters. The van der Waals surface area contributed by atoms with Gasteiger partial charge in [0.15, 0.2) is 5.65 Å². The number of carbonyl (C=O) groups is 1. The smallest absolute Gasteiger partial charge is 0.234 e. The first-order valence-electron chi connectivity index (χ1n) is 7.12. The number of nitrogens with one attached hydrogen (secondary N) is 2. The summed E-state index contributed by atoms with van der Waals surface area (Å²) in [7, 11) is 3.09. The van der Waals surface area contributed by atoms with Gasteiger partial charge in [0.25, 0.3) is 0 Å². The van der Waals surface area contributed by atoms with E-state index in [0.29, 0.717) is 33.4 Å². The van der Waals surface area contributed by atoms with Gasteiger partial charge in [-0.3, -0.25) is 4.79 Å². The van der Waals surface area contributed by atoms with Crippen LogP contribution in [0.1, 0.15) is 0 Å². The van der Waals surface area contributed by atoms with Gasteiger partial charge in [0, 0.05) is 6.07 Å². The van der Waals surface area contributed by atoms with Crippen LogP contribution in [0, 0.1) is 0 Å². The summed E-state index contributed by atoms with van der Waals surface area (Å²) in [6.07, 6.45) is 1.50. The number of hydrogen-bond donors (Lipinski definition) is 2. The Kier molecular flexibility index (Phi) is 5.25. The Bertz CT molecular complexity index is 917. The van der Waals surface area contributed by atoms with Gasteiger partial charge in [-0.15, -0.1) is 0 Å². The van der Waals surface area contributed by atoms with Crippen molar-refractivity contribution in [3.05, 3.63) is 29.8 Å². The number of halogens is 1. The lowest BCUT2D eigenvalue weighted by molar-refractivity contribution is -0.113. The number of benzene rings is 1. The second-order valence-corrected chi connectivity index (χ2v) is 6.10. The van der Waals surface area contributed by atoms with Gasteiger partial charge in [-0.1, -0.05) is 11.8 Å². The van der Waals surface area contributed by atoms with Crippen LogP contribution in [0.3, 0.4) is 0 Å². The van der Waals surface area contributed by atoms with Crippen molar-refractivity contribution < 1.29 is 14.3 Å². The maximum Gasteiger partial charge on any atom is 0.234 e. The average molecular weight is 380 g/mol. The number of methoxy groups -OCH3 is 2. The first kappa shape index (κ1) is 17.3. The molecule has 1 amide bonds. The van der Waals surface area contributed by atoms with Gasteiger partial charge in [0.1, 0.15) is 22.0 Å². The molecule has 0 bridgehead atoms. The molecule has 0 aliphatic heterocycles. The Morgan fingerprint density at radius 3 is 2.92 bits per heavy atom. The molecule has 0 spiro atoms. The lowest BCUT2D eigenvalue weighted by atomic mass is 10.2. The van der Waals surface area contributed by atoms with E-state index in [1.165, 1.54) is 25.2 Å². The summed E-state index contributed by atoms with van der Waals surface area (Å²) < 4.78 is 10.4. The monoisotopic (exact) mass is 379 g/mol. The molecular formula is C15H14ClN5O3S. The molecule has 0 radical (unpaired) electrons. The van der Waals surface area contributed by atoms with Crippen LogP contribution in [0.5, 0.6) is 11.5 Å². The largest absolute Gasteiger partial charge is 0.497 e. The average Bonchev–Trinajstić information content (AvgIpc) is 3.07. The van der Waals surface area contributed by atoms with Crippen LogP contribution in [0.15, 0.2) is 29.6 Å². The Balaban J connectivity index is 1.72. The predicted octanol–water partition coefficient (Wildman–Crippen LogP) is 2.75. The van der Waals surface area contributed by atoms with Crippen molar-refractivity contribution >= 4 is 46.1 Å². The van der Waals surface area contributed by atoms with E-state index in [1.54, 1.807) is 25.3 Å². The summed E-state index contributed by atoms with van der Waals surface area (Å²) in [5.41, 5.74) is 1.62. The van der Waals surface area contributed by atoms with Crippen molar-refractivity contribution in [2.24, 2.45) is 0 Å². The number of rotatable bonds is 6. The normalized spacial score (nSPS) is 10.7. The van der Waals surface area contributed by atoms with E-state index in [-0.39, 0.29) is 16.9 Å². The number of aromatic nitrogens is 4. The fourth-order valence-electron chi connectivity index (χ4n) is 2.12. The quantitative estimate of drug-likeness (QED) is 0.385. The van der Waals surface area contributed by atoms with Gasteiger partial charge in [-0.2, -0.15) is 4.98 Å². The Morgan fingerprint density at radius 2 is 2.16 bits per heavy atom. The van der Waals surface area contributed by atoms with E-state index in [4.69, 9.17) is 21.1 Å². The highest BCUT2D eigenvalue weighted by Gasteiger charge is 2.13. The molecule has 130 valence electrons. The van der Waals surface area contributed by atoms with Gasteiger partial charge >= 0.3 is 0 Å². The van der Waals surface area contributed by atoms with Crippen molar-refractivity contribution in [2.75, 3.05) is 25.3 Å². The second-order valence-electron chi connectivity index (χ2n) is 4.80. The number of fused-ring (bicyclic) bond motifs is 1. The number of imidazole rings is 1. The molecule has 2 heterocycles. The van der Waals surface area contributed by atoms with Gasteiger partial charge in [0.2, 0.25) is 11.2 Å². The molecule has 3 aromatic rings. The van der Waals surface area contributed by atoms with E-state index >= 15 is 0 Å². The summed E-state index contributed by atoms with van der Waals surface area (Å²) in [4.78, 5) is 27.4. The maximum absolute atomic E-state index is 12.3. The van der Waals surface area contributed by atoms with Crippen molar-refractivity contribution in [1.82, 2.24) is 19.9 Å². The van der Waals surface area contributed by atoms with E-state index in [2.05, 4.69) is 25.3 Å². The van der Waals surface area contributed by atoms with Crippen LogP contribution in [-0.2, 0) is 4.79 Å². The van der Waals surface area contributed by atoms with E-state index in [0.717, 1.165) is 0 Å². The highest BCUT2D eigenvalue weighted by atomic mass is 35.5. The molecule has 0 aliphatic carbocycles. The standard InChI is InChI=1S/C15H14ClN5O3S/c1-23-8-3-4-10(24-2)9(5-8)19-11(22)6-25-14-12-13(18-7-17-12)20-15(16)21-14/h3-5,7H,6H2,1-2H3,(H,19,22)(H,17,18,20,21). The van der Waals surface area contributed by atoms with Crippen molar-refractivity contribution in [3.63, 3.8) is 0 Å². The molecule has 2 aromatic heterocycles. The third-order valence-corrected chi connectivity index (χ3v) is 4.39. The number of nitrogens with zero attached hydrogens (tertiary/aromatic N) is 3. The van der Waals surface area contributed by atoms with Crippen LogP contribution in [0.2, 0.25) is 5.28 Å². The minimum atomic E-state index is -0.223. The Labute approximate surface area is 152 Å². The van der Waals surface area contributed by atoms with Gasteiger partial charge < -0.3 is 19.8 Å². The van der Waals surface area contributed by atoms with Crippen LogP contribution in [0.4, 0.5) is 5.69 Å². The number of hydrogen-bond acceptors (Lipinski definition) is 7. The van der Waals surface area contributed by atoms with Crippen molar-refractivity contribution in [1.29, 1.82) is 0 Å². The molecule has 2 N–H and O–H groups in total. The molecule has 10 heteroatoms. The minimum Gasteiger partial charge on any atom is -0.497 e. The topological polar surface area (TPSA) is 102 Å². The van der Waals surface area contributed by atoms with Crippen LogP contribution >= 0.6 is 23.4 Å². The minimum absolute atomic E-state index is 0.0805. The van der Waals surface area contributed by atoms with Gasteiger partial charge in [0.05, 0.1) is 32.0 Å².